The van der Waals surface area contributed by atoms with Gasteiger partial charge in [0, 0.05) is 36.7 Å². The first-order valence-corrected chi connectivity index (χ1v) is 26.1. The van der Waals surface area contributed by atoms with E-state index in [1.165, 1.54) is 41.4 Å². The van der Waals surface area contributed by atoms with Crippen molar-refractivity contribution in [3.05, 3.63) is 132 Å². The molecular weight excluding hydrogens is 925 g/mol. The lowest BCUT2D eigenvalue weighted by atomic mass is 9.68. The van der Waals surface area contributed by atoms with Gasteiger partial charge >= 0.3 is 0 Å². The van der Waals surface area contributed by atoms with Crippen molar-refractivity contribution in [2.75, 3.05) is 85.4 Å². The van der Waals surface area contributed by atoms with Crippen molar-refractivity contribution >= 4 is 16.0 Å². The van der Waals surface area contributed by atoms with Crippen molar-refractivity contribution in [2.45, 2.75) is 97.4 Å². The second kappa shape index (κ2) is 28.5. The second-order valence-corrected chi connectivity index (χ2v) is 22.1. The Bertz CT molecular complexity index is 2250. The summed E-state index contributed by atoms with van der Waals surface area (Å²) in [5.74, 6) is 1.36. The van der Waals surface area contributed by atoms with Crippen LogP contribution in [0.3, 0.4) is 0 Å². The van der Waals surface area contributed by atoms with Gasteiger partial charge in [0.15, 0.2) is 0 Å². The maximum atomic E-state index is 10.6. The number of carbonyl (C=O) groups is 1. The van der Waals surface area contributed by atoms with E-state index in [1.54, 1.807) is 20.8 Å². The lowest BCUT2D eigenvalue weighted by Crippen LogP contribution is -2.39. The third-order valence-corrected chi connectivity index (χ3v) is 11.4. The van der Waals surface area contributed by atoms with Crippen molar-refractivity contribution < 1.29 is 56.4 Å². The zero-order valence-corrected chi connectivity index (χ0v) is 44.8. The summed E-state index contributed by atoms with van der Waals surface area (Å²) in [5, 5.41) is 31.2. The van der Waals surface area contributed by atoms with Crippen LogP contribution in [0, 0.1) is 5.92 Å². The average Bonchev–Trinajstić information content (AvgIpc) is 4.13. The molecule has 1 heterocycles. The number of nitrogens with one attached hydrogen (secondary N) is 1. The van der Waals surface area contributed by atoms with Crippen LogP contribution in [0.25, 0.3) is 11.1 Å². The average molecular weight is 1010 g/mol. The number of fused-ring (bicyclic) bond motifs is 3. The highest BCUT2D eigenvalue weighted by Crippen LogP contribution is 2.56. The van der Waals surface area contributed by atoms with Crippen LogP contribution in [-0.2, 0) is 38.7 Å². The Labute approximate surface area is 424 Å². The summed E-state index contributed by atoms with van der Waals surface area (Å²) in [6.07, 6.45) is 1.53. The lowest BCUT2D eigenvalue weighted by Gasteiger charge is -2.34. The predicted molar refractivity (Wildman–Crippen MR) is 282 cm³/mol. The van der Waals surface area contributed by atoms with E-state index < -0.39 is 27.2 Å². The van der Waals surface area contributed by atoms with E-state index in [-0.39, 0.29) is 43.8 Å². The molecule has 2 unspecified atom stereocenters. The van der Waals surface area contributed by atoms with E-state index in [4.69, 9.17) is 28.8 Å². The van der Waals surface area contributed by atoms with Gasteiger partial charge in [-0.15, -0.1) is 0 Å². The van der Waals surface area contributed by atoms with Crippen LogP contribution in [0.15, 0.2) is 110 Å². The molecule has 0 bridgehead atoms. The second-order valence-electron chi connectivity index (χ2n) is 20.5. The molecule has 1 fully saturated rings. The highest BCUT2D eigenvalue weighted by atomic mass is 32.2. The number of carbonyl (C=O) groups excluding carboxylic acids is 1. The zero-order valence-electron chi connectivity index (χ0n) is 44.0. The minimum absolute atomic E-state index is 0.00504. The first-order valence-electron chi connectivity index (χ1n) is 24.2. The summed E-state index contributed by atoms with van der Waals surface area (Å²) in [6, 6.07) is 33.5. The molecule has 4 aromatic carbocycles. The van der Waals surface area contributed by atoms with Gasteiger partial charge in [0.25, 0.3) is 10.1 Å². The van der Waals surface area contributed by atoms with Crippen LogP contribution in [-0.4, -0.2) is 143 Å². The molecule has 2 atom stereocenters. The standard InChI is InChI=1S/C38H44O8.C7H13NO.C6H13N.C5H12O3S/c1-28(24-40)25-45-32-14-10-29(11-15-32)38(36-8-4-2-6-34(36)35-7-3-5-9-37(35)38)30-12-16-33(17-13-30)46-27-31(41)26-44-23-22-43-21-20-42-19-18-39;1-5-6(9)8-7(2,3)4;1-6(2,3)7-4-5-7;1-5(2,3)8-9(4,6)7/h2-17,28,31,39-41H,18-27H2,1H3;5H,1H2,2-4H3,(H,8,9);4-5H2,1-3H3;1-4H3. The van der Waals surface area contributed by atoms with Gasteiger partial charge in [-0.3, -0.25) is 13.9 Å². The molecule has 0 aromatic heterocycles. The Hall–Kier alpha value is -4.68. The number of aliphatic hydroxyl groups excluding tert-OH is 3. The normalized spacial score (nSPS) is 14.6. The molecule has 4 N–H and O–H groups in total. The smallest absolute Gasteiger partial charge is 0.264 e. The summed E-state index contributed by atoms with van der Waals surface area (Å²) in [5.41, 5.74) is 6.20. The van der Waals surface area contributed by atoms with Crippen molar-refractivity contribution in [2.24, 2.45) is 5.92 Å². The highest BCUT2D eigenvalue weighted by Gasteiger charge is 2.46. The predicted octanol–water partition coefficient (Wildman–Crippen LogP) is 7.79. The number of ether oxygens (including phenoxy) is 5. The van der Waals surface area contributed by atoms with Crippen molar-refractivity contribution in [3.63, 3.8) is 0 Å². The number of rotatable bonds is 21. The van der Waals surface area contributed by atoms with E-state index >= 15 is 0 Å². The first kappa shape index (κ1) is 60.6. The molecule has 1 amide bonds. The fourth-order valence-electron chi connectivity index (χ4n) is 7.48. The number of benzene rings is 4. The van der Waals surface area contributed by atoms with E-state index in [0.717, 1.165) is 23.1 Å². The molecule has 6 rings (SSSR count). The van der Waals surface area contributed by atoms with Crippen LogP contribution in [0.4, 0.5) is 0 Å². The third-order valence-electron chi connectivity index (χ3n) is 10.6. The monoisotopic (exact) mass is 1010 g/mol. The molecule has 0 saturated carbocycles. The van der Waals surface area contributed by atoms with Crippen LogP contribution < -0.4 is 14.8 Å². The Balaban J connectivity index is 0.000000432. The van der Waals surface area contributed by atoms with Gasteiger partial charge < -0.3 is 44.3 Å². The van der Waals surface area contributed by atoms with Crippen LogP contribution in [0.5, 0.6) is 11.5 Å². The van der Waals surface area contributed by atoms with Crippen LogP contribution in [0.1, 0.15) is 91.5 Å². The van der Waals surface area contributed by atoms with Crippen molar-refractivity contribution in [1.82, 2.24) is 10.2 Å². The van der Waals surface area contributed by atoms with Gasteiger partial charge in [-0.05, 0) is 126 Å². The van der Waals surface area contributed by atoms with Crippen molar-refractivity contribution in [3.8, 4) is 22.6 Å². The topological polar surface area (TPSA) is 182 Å². The number of hydrogen-bond donors (Lipinski definition) is 4. The quantitative estimate of drug-likeness (QED) is 0.0242. The number of hydrogen-bond acceptors (Lipinski definition) is 13. The van der Waals surface area contributed by atoms with Crippen LogP contribution >= 0.6 is 0 Å². The summed E-state index contributed by atoms with van der Waals surface area (Å²) >= 11 is 0. The molecular formula is C56H82N2O12S. The Kier molecular flexibility index (Phi) is 24.4. The molecule has 1 aliphatic heterocycles. The van der Waals surface area contributed by atoms with Gasteiger partial charge in [0.05, 0.1) is 70.1 Å². The third kappa shape index (κ3) is 21.5. The molecule has 14 nitrogen and oxygen atoms in total. The molecule has 1 aliphatic carbocycles. The highest BCUT2D eigenvalue weighted by molar-refractivity contribution is 7.86. The molecule has 1 saturated heterocycles. The molecule has 394 valence electrons. The number of amides is 1. The van der Waals surface area contributed by atoms with E-state index in [1.807, 2.05) is 52.0 Å². The Morgan fingerprint density at radius 3 is 1.51 bits per heavy atom. The fraction of sp³-hybridized carbons (Fsp3) is 0.518. The minimum Gasteiger partial charge on any atom is -0.493 e. The molecule has 71 heavy (non-hydrogen) atoms. The Morgan fingerprint density at radius 2 is 1.15 bits per heavy atom. The number of nitrogens with zero attached hydrogens (tertiary/aromatic N) is 1. The molecule has 15 heteroatoms. The summed E-state index contributed by atoms with van der Waals surface area (Å²) in [7, 11) is -3.28. The maximum absolute atomic E-state index is 10.6. The fourth-order valence-corrected chi connectivity index (χ4v) is 8.39. The van der Waals surface area contributed by atoms with Gasteiger partial charge in [-0.1, -0.05) is 86.3 Å². The van der Waals surface area contributed by atoms with Gasteiger partial charge in [-0.2, -0.15) is 8.42 Å². The maximum Gasteiger partial charge on any atom is 0.264 e. The minimum atomic E-state index is -3.28. The molecule has 0 radical (unpaired) electrons. The van der Waals surface area contributed by atoms with Crippen LogP contribution in [0.2, 0.25) is 0 Å². The van der Waals surface area contributed by atoms with Gasteiger partial charge in [0.1, 0.15) is 24.2 Å². The SMILES string of the molecule is C=CC(=O)NC(C)(C)C.CC(C)(C)N1CC1.CC(C)(C)OS(C)(=O)=O.CC(CO)COc1ccc(C2(c3ccc(OCC(O)COCCOCCOCCO)cc3)c3ccccc3-c3ccccc32)cc1. The zero-order chi connectivity index (χ0) is 52.9. The number of aliphatic hydroxyl groups is 3. The van der Waals surface area contributed by atoms with E-state index in [9.17, 15) is 23.4 Å². The molecule has 4 aromatic rings. The van der Waals surface area contributed by atoms with Gasteiger partial charge in [0.2, 0.25) is 5.91 Å². The van der Waals surface area contributed by atoms with Crippen molar-refractivity contribution in [1.29, 1.82) is 0 Å². The summed E-state index contributed by atoms with van der Waals surface area (Å²) in [6.45, 7) is 28.2. The lowest BCUT2D eigenvalue weighted by molar-refractivity contribution is -0.117. The van der Waals surface area contributed by atoms with E-state index in [2.05, 4.69) is 115 Å². The summed E-state index contributed by atoms with van der Waals surface area (Å²) < 4.78 is 53.4. The largest absolute Gasteiger partial charge is 0.493 e. The molecule has 0 spiro atoms. The van der Waals surface area contributed by atoms with Gasteiger partial charge in [-0.25, -0.2) is 0 Å². The first-order chi connectivity index (χ1) is 33.3. The Morgan fingerprint density at radius 1 is 0.704 bits per heavy atom. The molecule has 2 aliphatic rings. The summed E-state index contributed by atoms with van der Waals surface area (Å²) in [4.78, 5) is 13.0. The van der Waals surface area contributed by atoms with E-state index in [0.29, 0.717) is 50.9 Å².